The standard InChI is InChI=1S/C26H34N2O9/c1-13(29)23(32)27-10-7-19(31)35-14(2)24(33)36-17-6-8-26(34)18-12-15-4-5-16(30)21-20(15)25(26,22(17)37-21)9-11-28(18)3/h4-6,13-14,18,22-23,27,29-30,32,34H,7-12H2,1-3H3/t13-,14-,18+,22-,23?,25-,26+/m0/s1. The zero-order valence-corrected chi connectivity index (χ0v) is 21.1. The highest BCUT2D eigenvalue weighted by atomic mass is 16.6. The summed E-state index contributed by atoms with van der Waals surface area (Å²) in [5.74, 6) is -0.942. The smallest absolute Gasteiger partial charge is 0.352 e. The molecular weight excluding hydrogens is 484 g/mol. The summed E-state index contributed by atoms with van der Waals surface area (Å²) >= 11 is 0. The van der Waals surface area contributed by atoms with Gasteiger partial charge in [0, 0.05) is 24.6 Å². The summed E-state index contributed by atoms with van der Waals surface area (Å²) in [7, 11) is 1.99. The lowest BCUT2D eigenvalue weighted by Gasteiger charge is -2.61. The van der Waals surface area contributed by atoms with E-state index in [9.17, 15) is 30.0 Å². The molecule has 37 heavy (non-hydrogen) atoms. The van der Waals surface area contributed by atoms with Gasteiger partial charge in [0.2, 0.25) is 0 Å². The fourth-order valence-electron chi connectivity index (χ4n) is 6.43. The molecule has 1 aromatic carbocycles. The normalized spacial score (nSPS) is 31.9. The average molecular weight is 519 g/mol. The third kappa shape index (κ3) is 3.91. The van der Waals surface area contributed by atoms with Crippen LogP contribution in [0.25, 0.3) is 0 Å². The molecule has 0 radical (unpaired) electrons. The number of aliphatic hydroxyl groups excluding tert-OH is 2. The largest absolute Gasteiger partial charge is 0.504 e. The van der Waals surface area contributed by atoms with E-state index in [1.807, 2.05) is 13.1 Å². The summed E-state index contributed by atoms with van der Waals surface area (Å²) in [5, 5.41) is 44.1. The van der Waals surface area contributed by atoms with Crippen LogP contribution in [0.5, 0.6) is 11.5 Å². The number of aromatic hydroxyl groups is 1. The number of rotatable bonds is 8. The molecule has 11 nitrogen and oxygen atoms in total. The Bertz CT molecular complexity index is 1140. The Morgan fingerprint density at radius 1 is 1.30 bits per heavy atom. The van der Waals surface area contributed by atoms with Crippen LogP contribution in [0.4, 0.5) is 0 Å². The Morgan fingerprint density at radius 3 is 2.78 bits per heavy atom. The van der Waals surface area contributed by atoms with Gasteiger partial charge in [0.1, 0.15) is 12.0 Å². The van der Waals surface area contributed by atoms with Crippen molar-refractivity contribution in [1.29, 1.82) is 0 Å². The average Bonchev–Trinajstić information content (AvgIpc) is 3.20. The predicted octanol–water partition coefficient (Wildman–Crippen LogP) is -0.176. The van der Waals surface area contributed by atoms with Gasteiger partial charge >= 0.3 is 11.9 Å². The minimum atomic E-state index is -1.21. The number of piperidine rings is 1. The minimum absolute atomic E-state index is 0.0236. The predicted molar refractivity (Wildman–Crippen MR) is 129 cm³/mol. The summed E-state index contributed by atoms with van der Waals surface area (Å²) in [5.41, 5.74) is -0.265. The van der Waals surface area contributed by atoms with E-state index in [0.717, 1.165) is 11.1 Å². The van der Waals surface area contributed by atoms with Crippen molar-refractivity contribution in [3.8, 4) is 11.5 Å². The van der Waals surface area contributed by atoms with Crippen LogP contribution < -0.4 is 10.1 Å². The number of likely N-dealkylation sites (N-methyl/N-ethyl adjacent to an activating group) is 1. The number of carbonyl (C=O) groups excluding carboxylic acids is 2. The fraction of sp³-hybridized carbons (Fsp3) is 0.615. The van der Waals surface area contributed by atoms with Crippen LogP contribution in [-0.2, 0) is 30.9 Å². The highest BCUT2D eigenvalue weighted by Crippen LogP contribution is 2.65. The van der Waals surface area contributed by atoms with Crippen molar-refractivity contribution in [2.24, 2.45) is 0 Å². The molecule has 0 amide bonds. The summed E-state index contributed by atoms with van der Waals surface area (Å²) in [6.45, 7) is 3.56. The van der Waals surface area contributed by atoms with Crippen LogP contribution in [0.3, 0.4) is 0 Å². The third-order valence-electron chi connectivity index (χ3n) is 8.35. The van der Waals surface area contributed by atoms with E-state index in [0.29, 0.717) is 25.1 Å². The number of phenols is 1. The van der Waals surface area contributed by atoms with Gasteiger partial charge in [-0.1, -0.05) is 6.07 Å². The van der Waals surface area contributed by atoms with E-state index in [1.54, 1.807) is 12.1 Å². The molecular formula is C26H34N2O9. The molecule has 1 unspecified atom stereocenters. The van der Waals surface area contributed by atoms with Crippen molar-refractivity contribution in [2.45, 2.75) is 81.1 Å². The van der Waals surface area contributed by atoms with Gasteiger partial charge in [0.25, 0.3) is 0 Å². The number of hydrogen-bond acceptors (Lipinski definition) is 11. The van der Waals surface area contributed by atoms with Crippen LogP contribution in [-0.4, -0.2) is 93.6 Å². The first-order chi connectivity index (χ1) is 17.5. The first-order valence-electron chi connectivity index (χ1n) is 12.6. The molecule has 11 heteroatoms. The van der Waals surface area contributed by atoms with Gasteiger partial charge in [-0.05, 0) is 58.0 Å². The van der Waals surface area contributed by atoms with E-state index < -0.39 is 47.5 Å². The number of phenolic OH excluding ortho intramolecular Hbond substituents is 1. The van der Waals surface area contributed by atoms with Crippen molar-refractivity contribution >= 4 is 11.9 Å². The Kier molecular flexibility index (Phi) is 6.48. The Hall–Kier alpha value is -2.70. The number of likely N-dealkylation sites (tertiary alicyclic amines) is 1. The second-order valence-electron chi connectivity index (χ2n) is 10.5. The number of esters is 2. The van der Waals surface area contributed by atoms with Crippen molar-refractivity contribution in [3.05, 3.63) is 35.1 Å². The second kappa shape index (κ2) is 9.25. The van der Waals surface area contributed by atoms with Gasteiger partial charge in [-0.25, -0.2) is 4.79 Å². The number of benzene rings is 1. The molecule has 7 atom stereocenters. The molecule has 1 aromatic rings. The highest BCUT2D eigenvalue weighted by Gasteiger charge is 2.72. The number of nitrogens with one attached hydrogen (secondary N) is 1. The van der Waals surface area contributed by atoms with Gasteiger partial charge in [-0.2, -0.15) is 0 Å². The van der Waals surface area contributed by atoms with E-state index in [2.05, 4.69) is 10.2 Å². The fourth-order valence-corrected chi connectivity index (χ4v) is 6.43. The van der Waals surface area contributed by atoms with E-state index in [-0.39, 0.29) is 36.9 Å². The summed E-state index contributed by atoms with van der Waals surface area (Å²) in [6, 6.07) is 3.30. The van der Waals surface area contributed by atoms with Crippen molar-refractivity contribution in [2.75, 3.05) is 20.1 Å². The SMILES string of the molecule is C[C@H](OC(=O)CCNC(O)[C@H](C)O)C(=O)OC1=CC[C@@]2(O)[C@H]3Cc4ccc(O)c5c4[C@@]2(CCN3C)[C@H]1O5. The van der Waals surface area contributed by atoms with E-state index in [4.69, 9.17) is 14.2 Å². The topological polar surface area (TPSA) is 158 Å². The number of ether oxygens (including phenoxy) is 3. The number of hydrogen-bond donors (Lipinski definition) is 5. The zero-order valence-electron chi connectivity index (χ0n) is 21.1. The van der Waals surface area contributed by atoms with Crippen molar-refractivity contribution < 1.29 is 44.2 Å². The minimum Gasteiger partial charge on any atom is -0.504 e. The Labute approximate surface area is 214 Å². The third-order valence-corrected chi connectivity index (χ3v) is 8.35. The van der Waals surface area contributed by atoms with E-state index >= 15 is 0 Å². The molecule has 2 bridgehead atoms. The molecule has 5 rings (SSSR count). The van der Waals surface area contributed by atoms with E-state index in [1.165, 1.54) is 13.8 Å². The summed E-state index contributed by atoms with van der Waals surface area (Å²) in [6.07, 6.45) is -1.26. The zero-order chi connectivity index (χ0) is 26.7. The lowest BCUT2D eigenvalue weighted by atomic mass is 9.50. The summed E-state index contributed by atoms with van der Waals surface area (Å²) in [4.78, 5) is 27.2. The van der Waals surface area contributed by atoms with Crippen LogP contribution >= 0.6 is 0 Å². The molecule has 2 aliphatic carbocycles. The first kappa shape index (κ1) is 25.9. The molecule has 5 N–H and O–H groups in total. The van der Waals surface area contributed by atoms with Crippen LogP contribution in [0.2, 0.25) is 0 Å². The molecule has 0 aromatic heterocycles. The van der Waals surface area contributed by atoms with Gasteiger partial charge < -0.3 is 39.5 Å². The second-order valence-corrected chi connectivity index (χ2v) is 10.5. The Balaban J connectivity index is 1.33. The van der Waals surface area contributed by atoms with Crippen molar-refractivity contribution in [1.82, 2.24) is 10.2 Å². The maximum atomic E-state index is 12.9. The monoisotopic (exact) mass is 518 g/mol. The molecule has 2 aliphatic heterocycles. The van der Waals surface area contributed by atoms with Crippen LogP contribution in [0.1, 0.15) is 44.2 Å². The highest BCUT2D eigenvalue weighted by molar-refractivity contribution is 5.80. The lowest BCUT2D eigenvalue weighted by molar-refractivity contribution is -0.175. The van der Waals surface area contributed by atoms with Gasteiger partial charge in [-0.3, -0.25) is 10.1 Å². The summed E-state index contributed by atoms with van der Waals surface area (Å²) < 4.78 is 17.1. The van der Waals surface area contributed by atoms with Crippen LogP contribution in [0.15, 0.2) is 24.0 Å². The first-order valence-corrected chi connectivity index (χ1v) is 12.6. The molecule has 0 saturated carbocycles. The molecule has 202 valence electrons. The van der Waals surface area contributed by atoms with Crippen LogP contribution in [0, 0.1) is 0 Å². The Morgan fingerprint density at radius 2 is 2.05 bits per heavy atom. The molecule has 1 saturated heterocycles. The maximum Gasteiger partial charge on any atom is 0.352 e. The maximum absolute atomic E-state index is 12.9. The number of carbonyl (C=O) groups is 2. The van der Waals surface area contributed by atoms with Crippen molar-refractivity contribution in [3.63, 3.8) is 0 Å². The quantitative estimate of drug-likeness (QED) is 0.230. The van der Waals surface area contributed by atoms with Gasteiger partial charge in [-0.15, -0.1) is 0 Å². The molecule has 1 spiro atoms. The van der Waals surface area contributed by atoms with Gasteiger partial charge in [0.05, 0.1) is 23.5 Å². The van der Waals surface area contributed by atoms with Gasteiger partial charge in [0.15, 0.2) is 23.7 Å². The molecule has 1 fully saturated rings. The lowest BCUT2D eigenvalue weighted by Crippen LogP contribution is -2.74. The molecule has 4 aliphatic rings. The molecule has 2 heterocycles. The number of aliphatic hydroxyl groups is 3. The number of nitrogens with zero attached hydrogens (tertiary/aromatic N) is 1.